The highest BCUT2D eigenvalue weighted by Gasteiger charge is 2.18. The van der Waals surface area contributed by atoms with Crippen LogP contribution in [0.2, 0.25) is 0 Å². The summed E-state index contributed by atoms with van der Waals surface area (Å²) in [5.41, 5.74) is 5.60. The highest BCUT2D eigenvalue weighted by atomic mass is 32.1. The highest BCUT2D eigenvalue weighted by molar-refractivity contribution is 7.13. The predicted octanol–water partition coefficient (Wildman–Crippen LogP) is 0.407. The smallest absolute Gasteiger partial charge is 0.328 e. The first-order chi connectivity index (χ1) is 7.54. The van der Waals surface area contributed by atoms with E-state index in [0.29, 0.717) is 5.13 Å². The summed E-state index contributed by atoms with van der Waals surface area (Å²) in [5.74, 6) is -0.910. The molecule has 0 fully saturated rings. The Morgan fingerprint density at radius 3 is 2.88 bits per heavy atom. The Morgan fingerprint density at radius 1 is 1.69 bits per heavy atom. The van der Waals surface area contributed by atoms with Crippen LogP contribution in [0.25, 0.3) is 0 Å². The standard InChI is InChI=1S/C9H13N3O3S/c1-3-15-8(14)5(2)11-7(13)6-4-16-9(10)12-6/h4-5H,3H2,1-2H3,(H2,10,12)(H,11,13). The van der Waals surface area contributed by atoms with E-state index in [1.54, 1.807) is 13.8 Å². The van der Waals surface area contributed by atoms with E-state index in [1.807, 2.05) is 0 Å². The molecule has 0 saturated heterocycles. The van der Waals surface area contributed by atoms with Gasteiger partial charge in [0.05, 0.1) is 6.61 Å². The van der Waals surface area contributed by atoms with Crippen molar-refractivity contribution >= 4 is 28.3 Å². The topological polar surface area (TPSA) is 94.3 Å². The maximum atomic E-state index is 11.5. The lowest BCUT2D eigenvalue weighted by molar-refractivity contribution is -0.144. The number of esters is 1. The van der Waals surface area contributed by atoms with E-state index in [0.717, 1.165) is 0 Å². The molecule has 0 spiro atoms. The predicted molar refractivity (Wildman–Crippen MR) is 60.1 cm³/mol. The first kappa shape index (κ1) is 12.4. The number of carbonyl (C=O) groups is 2. The van der Waals surface area contributed by atoms with Gasteiger partial charge in [-0.2, -0.15) is 0 Å². The lowest BCUT2D eigenvalue weighted by atomic mass is 10.3. The molecular formula is C9H13N3O3S. The summed E-state index contributed by atoms with van der Waals surface area (Å²) >= 11 is 1.17. The molecule has 0 saturated carbocycles. The number of anilines is 1. The second-order valence-electron chi connectivity index (χ2n) is 3.02. The van der Waals surface area contributed by atoms with Crippen molar-refractivity contribution < 1.29 is 14.3 Å². The molecule has 1 amide bonds. The Bertz CT molecular complexity index is 391. The van der Waals surface area contributed by atoms with Gasteiger partial charge in [-0.1, -0.05) is 0 Å². The van der Waals surface area contributed by atoms with E-state index in [-0.39, 0.29) is 12.3 Å². The summed E-state index contributed by atoms with van der Waals surface area (Å²) in [6, 6.07) is -0.699. The molecule has 1 unspecified atom stereocenters. The number of nitrogens with two attached hydrogens (primary N) is 1. The van der Waals surface area contributed by atoms with Crippen molar-refractivity contribution in [1.29, 1.82) is 0 Å². The molecule has 0 aliphatic rings. The van der Waals surface area contributed by atoms with E-state index in [1.165, 1.54) is 16.7 Å². The van der Waals surface area contributed by atoms with Crippen molar-refractivity contribution in [2.45, 2.75) is 19.9 Å². The van der Waals surface area contributed by atoms with Gasteiger partial charge in [-0.15, -0.1) is 11.3 Å². The van der Waals surface area contributed by atoms with Crippen molar-refractivity contribution in [3.63, 3.8) is 0 Å². The first-order valence-corrected chi connectivity index (χ1v) is 5.61. The van der Waals surface area contributed by atoms with Crippen LogP contribution in [0.5, 0.6) is 0 Å². The number of rotatable bonds is 4. The van der Waals surface area contributed by atoms with Gasteiger partial charge in [0.15, 0.2) is 5.13 Å². The fourth-order valence-electron chi connectivity index (χ4n) is 0.989. The van der Waals surface area contributed by atoms with Crippen LogP contribution in [0.3, 0.4) is 0 Å². The van der Waals surface area contributed by atoms with Crippen LogP contribution in [0.15, 0.2) is 5.38 Å². The molecule has 16 heavy (non-hydrogen) atoms. The van der Waals surface area contributed by atoms with Crippen molar-refractivity contribution in [3.8, 4) is 0 Å². The normalized spacial score (nSPS) is 11.9. The zero-order valence-corrected chi connectivity index (χ0v) is 9.84. The first-order valence-electron chi connectivity index (χ1n) is 4.73. The summed E-state index contributed by atoms with van der Waals surface area (Å²) < 4.78 is 4.75. The van der Waals surface area contributed by atoms with E-state index in [9.17, 15) is 9.59 Å². The third-order valence-electron chi connectivity index (χ3n) is 1.74. The molecule has 1 aromatic rings. The van der Waals surface area contributed by atoms with Crippen molar-refractivity contribution in [2.24, 2.45) is 0 Å². The fraction of sp³-hybridized carbons (Fsp3) is 0.444. The van der Waals surface area contributed by atoms with Crippen molar-refractivity contribution in [1.82, 2.24) is 10.3 Å². The van der Waals surface area contributed by atoms with Crippen LogP contribution in [0, 0.1) is 0 Å². The van der Waals surface area contributed by atoms with E-state index < -0.39 is 17.9 Å². The molecule has 0 aromatic carbocycles. The summed E-state index contributed by atoms with van der Waals surface area (Å²) in [5, 5.41) is 4.31. The van der Waals surface area contributed by atoms with Gasteiger partial charge in [-0.05, 0) is 13.8 Å². The van der Waals surface area contributed by atoms with Crippen LogP contribution in [-0.4, -0.2) is 29.5 Å². The molecule has 7 heteroatoms. The van der Waals surface area contributed by atoms with E-state index in [4.69, 9.17) is 10.5 Å². The number of ether oxygens (including phenoxy) is 1. The lowest BCUT2D eigenvalue weighted by Crippen LogP contribution is -2.39. The maximum absolute atomic E-state index is 11.5. The van der Waals surface area contributed by atoms with Gasteiger partial charge in [-0.3, -0.25) is 4.79 Å². The molecule has 88 valence electrons. The summed E-state index contributed by atoms with van der Waals surface area (Å²) in [4.78, 5) is 26.6. The monoisotopic (exact) mass is 243 g/mol. The van der Waals surface area contributed by atoms with E-state index in [2.05, 4.69) is 10.3 Å². The zero-order valence-electron chi connectivity index (χ0n) is 9.02. The molecule has 3 N–H and O–H groups in total. The maximum Gasteiger partial charge on any atom is 0.328 e. The molecule has 6 nitrogen and oxygen atoms in total. The van der Waals surface area contributed by atoms with Crippen molar-refractivity contribution in [3.05, 3.63) is 11.1 Å². The van der Waals surface area contributed by atoms with Gasteiger partial charge < -0.3 is 15.8 Å². The number of aromatic nitrogens is 1. The molecule has 1 atom stereocenters. The number of amides is 1. The number of carbonyl (C=O) groups excluding carboxylic acids is 2. The lowest BCUT2D eigenvalue weighted by Gasteiger charge is -2.11. The molecule has 1 heterocycles. The second-order valence-corrected chi connectivity index (χ2v) is 3.91. The molecular weight excluding hydrogens is 230 g/mol. The highest BCUT2D eigenvalue weighted by Crippen LogP contribution is 2.10. The van der Waals surface area contributed by atoms with Gasteiger partial charge >= 0.3 is 5.97 Å². The van der Waals surface area contributed by atoms with Crippen LogP contribution in [0.4, 0.5) is 5.13 Å². The van der Waals surface area contributed by atoms with Crippen LogP contribution in [0.1, 0.15) is 24.3 Å². The number of nitrogens with zero attached hydrogens (tertiary/aromatic N) is 1. The second kappa shape index (κ2) is 5.45. The molecule has 0 aliphatic carbocycles. The van der Waals surface area contributed by atoms with E-state index >= 15 is 0 Å². The van der Waals surface area contributed by atoms with Crippen molar-refractivity contribution in [2.75, 3.05) is 12.3 Å². The Morgan fingerprint density at radius 2 is 2.38 bits per heavy atom. The SMILES string of the molecule is CCOC(=O)C(C)NC(=O)c1csc(N)n1. The zero-order chi connectivity index (χ0) is 12.1. The summed E-state index contributed by atoms with van der Waals surface area (Å²) in [6.07, 6.45) is 0. The third-order valence-corrected chi connectivity index (χ3v) is 2.42. The molecule has 1 rings (SSSR count). The minimum absolute atomic E-state index is 0.207. The van der Waals surface area contributed by atoms with Gasteiger partial charge in [-0.25, -0.2) is 9.78 Å². The summed E-state index contributed by atoms with van der Waals surface area (Å²) in [7, 11) is 0. The summed E-state index contributed by atoms with van der Waals surface area (Å²) in [6.45, 7) is 3.53. The quantitative estimate of drug-likeness (QED) is 0.747. The Labute approximate surface area is 96.8 Å². The molecule has 0 aliphatic heterocycles. The number of hydrogen-bond donors (Lipinski definition) is 2. The largest absolute Gasteiger partial charge is 0.464 e. The minimum atomic E-state index is -0.699. The van der Waals surface area contributed by atoms with Gasteiger partial charge in [0.1, 0.15) is 11.7 Å². The van der Waals surface area contributed by atoms with Gasteiger partial charge in [0.25, 0.3) is 5.91 Å². The van der Waals surface area contributed by atoms with Gasteiger partial charge in [0, 0.05) is 5.38 Å². The average molecular weight is 243 g/mol. The van der Waals surface area contributed by atoms with Gasteiger partial charge in [0.2, 0.25) is 0 Å². The van der Waals surface area contributed by atoms with Crippen LogP contribution in [-0.2, 0) is 9.53 Å². The number of nitrogens with one attached hydrogen (secondary N) is 1. The van der Waals surface area contributed by atoms with Crippen LogP contribution < -0.4 is 11.1 Å². The molecule has 1 aromatic heterocycles. The Hall–Kier alpha value is -1.63. The minimum Gasteiger partial charge on any atom is -0.464 e. The number of hydrogen-bond acceptors (Lipinski definition) is 6. The third kappa shape index (κ3) is 3.20. The average Bonchev–Trinajstić information content (AvgIpc) is 2.65. The molecule has 0 radical (unpaired) electrons. The Kier molecular flexibility index (Phi) is 4.24. The molecule has 0 bridgehead atoms. The Balaban J connectivity index is 2.54. The fourth-order valence-corrected chi connectivity index (χ4v) is 1.53. The number of nitrogen functional groups attached to an aromatic ring is 1. The number of thiazole rings is 1. The van der Waals surface area contributed by atoms with Crippen LogP contribution >= 0.6 is 11.3 Å².